The lowest BCUT2D eigenvalue weighted by atomic mass is 10.1. The molecule has 2 rings (SSSR count). The van der Waals surface area contributed by atoms with Crippen molar-refractivity contribution in [2.24, 2.45) is 7.05 Å². The molecule has 0 radical (unpaired) electrons. The normalized spacial score (nSPS) is 10.4. The van der Waals surface area contributed by atoms with Gasteiger partial charge in [-0.3, -0.25) is 5.41 Å². The van der Waals surface area contributed by atoms with Gasteiger partial charge in [-0.1, -0.05) is 23.9 Å². The fraction of sp³-hybridized carbons (Fsp3) is 0.375. The van der Waals surface area contributed by atoms with Crippen LogP contribution in [-0.2, 0) is 13.5 Å². The minimum absolute atomic E-state index is 0. The number of rotatable bonds is 5. The summed E-state index contributed by atoms with van der Waals surface area (Å²) in [6.07, 6.45) is 4.65. The van der Waals surface area contributed by atoms with Gasteiger partial charge >= 0.3 is 0 Å². The number of halogens is 1. The number of benzene rings is 1. The molecule has 0 aliphatic heterocycles. The zero-order valence-electron chi connectivity index (χ0n) is 13.3. The van der Waals surface area contributed by atoms with E-state index in [2.05, 4.69) is 4.98 Å². The molecular weight excluding hydrogens is 409 g/mol. The second kappa shape index (κ2) is 8.57. The molecule has 1 heterocycles. The molecule has 22 heavy (non-hydrogen) atoms. The van der Waals surface area contributed by atoms with Gasteiger partial charge in [-0.05, 0) is 37.8 Å². The van der Waals surface area contributed by atoms with E-state index in [1.54, 1.807) is 18.0 Å². The van der Waals surface area contributed by atoms with Crippen molar-refractivity contribution in [1.29, 1.82) is 5.41 Å². The minimum Gasteiger partial charge on any atom is -0.491 e. The van der Waals surface area contributed by atoms with Crippen LogP contribution >= 0.6 is 35.7 Å². The van der Waals surface area contributed by atoms with Gasteiger partial charge in [-0.15, -0.1) is 24.0 Å². The highest BCUT2D eigenvalue weighted by Crippen LogP contribution is 2.16. The van der Waals surface area contributed by atoms with Gasteiger partial charge in [0.15, 0.2) is 5.16 Å². The first-order chi connectivity index (χ1) is 10.0. The predicted octanol–water partition coefficient (Wildman–Crippen LogP) is 3.62. The van der Waals surface area contributed by atoms with Gasteiger partial charge in [0.1, 0.15) is 11.2 Å². The highest BCUT2D eigenvalue weighted by Gasteiger charge is 2.05. The standard InChI is InChI=1S/C16H21N3OS.HI/c1-11(2)20-14-7-5-12(6-8-14)9-13-10-18-16(21-4)19(3)15(13)17;/h5-8,10-11,17H,9H2,1-4H3;1H. The van der Waals surface area contributed by atoms with Crippen molar-refractivity contribution in [3.05, 3.63) is 47.1 Å². The monoisotopic (exact) mass is 431 g/mol. The van der Waals surface area contributed by atoms with Crippen molar-refractivity contribution in [3.8, 4) is 5.75 Å². The predicted molar refractivity (Wildman–Crippen MR) is 101 cm³/mol. The van der Waals surface area contributed by atoms with Crippen LogP contribution in [0.2, 0.25) is 0 Å². The molecule has 0 fully saturated rings. The van der Waals surface area contributed by atoms with Gasteiger partial charge in [0.25, 0.3) is 0 Å². The molecule has 120 valence electrons. The fourth-order valence-corrected chi connectivity index (χ4v) is 2.61. The Kier molecular flexibility index (Phi) is 7.41. The smallest absolute Gasteiger partial charge is 0.168 e. The third kappa shape index (κ3) is 4.74. The number of thioether (sulfide) groups is 1. The van der Waals surface area contributed by atoms with Crippen molar-refractivity contribution in [1.82, 2.24) is 9.55 Å². The summed E-state index contributed by atoms with van der Waals surface area (Å²) in [6.45, 7) is 4.03. The molecule has 0 aliphatic carbocycles. The van der Waals surface area contributed by atoms with Crippen molar-refractivity contribution in [3.63, 3.8) is 0 Å². The minimum atomic E-state index is 0. The zero-order chi connectivity index (χ0) is 15.4. The van der Waals surface area contributed by atoms with Gasteiger partial charge in [0, 0.05) is 25.2 Å². The molecule has 0 bridgehead atoms. The molecule has 2 aromatic rings. The molecule has 0 amide bonds. The van der Waals surface area contributed by atoms with E-state index in [1.165, 1.54) is 0 Å². The summed E-state index contributed by atoms with van der Waals surface area (Å²) in [7, 11) is 1.88. The van der Waals surface area contributed by atoms with Gasteiger partial charge in [0.2, 0.25) is 0 Å². The van der Waals surface area contributed by atoms with Gasteiger partial charge in [0.05, 0.1) is 6.10 Å². The fourth-order valence-electron chi connectivity index (χ4n) is 2.09. The third-order valence-electron chi connectivity index (χ3n) is 3.13. The Morgan fingerprint density at radius 2 is 1.91 bits per heavy atom. The molecule has 0 saturated heterocycles. The first-order valence-corrected chi connectivity index (χ1v) is 8.13. The molecule has 1 aromatic carbocycles. The number of hydrogen-bond acceptors (Lipinski definition) is 4. The molecule has 6 heteroatoms. The van der Waals surface area contributed by atoms with Crippen LogP contribution in [0, 0.1) is 5.41 Å². The van der Waals surface area contributed by atoms with E-state index < -0.39 is 0 Å². The van der Waals surface area contributed by atoms with Gasteiger partial charge < -0.3 is 9.30 Å². The summed E-state index contributed by atoms with van der Waals surface area (Å²) in [5, 5.41) is 9.06. The molecule has 1 aromatic heterocycles. The Hall–Kier alpha value is -1.02. The van der Waals surface area contributed by atoms with Crippen LogP contribution in [0.15, 0.2) is 35.6 Å². The SMILES string of the molecule is CSc1ncc(Cc2ccc(OC(C)C)cc2)c(=N)n1C.I. The van der Waals surface area contributed by atoms with Crippen LogP contribution in [0.5, 0.6) is 5.75 Å². The number of aromatic nitrogens is 2. The van der Waals surface area contributed by atoms with Gasteiger partial charge in [-0.2, -0.15) is 0 Å². The Morgan fingerprint density at radius 1 is 1.27 bits per heavy atom. The van der Waals surface area contributed by atoms with Gasteiger partial charge in [-0.25, -0.2) is 4.98 Å². The quantitative estimate of drug-likeness (QED) is 0.447. The van der Waals surface area contributed by atoms with Crippen LogP contribution in [-0.4, -0.2) is 21.9 Å². The maximum atomic E-state index is 8.21. The number of nitrogens with zero attached hydrogens (tertiary/aromatic N) is 2. The summed E-state index contributed by atoms with van der Waals surface area (Å²) in [4.78, 5) is 4.39. The lowest BCUT2D eigenvalue weighted by Crippen LogP contribution is -2.23. The summed E-state index contributed by atoms with van der Waals surface area (Å²) in [5.41, 5.74) is 2.59. The van der Waals surface area contributed by atoms with Crippen molar-refractivity contribution in [2.45, 2.75) is 31.5 Å². The molecular formula is C16H22IN3OS. The average molecular weight is 431 g/mol. The van der Waals surface area contributed by atoms with E-state index in [1.807, 2.05) is 56.0 Å². The van der Waals surface area contributed by atoms with Crippen molar-refractivity contribution in [2.75, 3.05) is 6.26 Å². The average Bonchev–Trinajstić information content (AvgIpc) is 2.45. The molecule has 4 nitrogen and oxygen atoms in total. The van der Waals surface area contributed by atoms with E-state index in [0.717, 1.165) is 22.0 Å². The van der Waals surface area contributed by atoms with E-state index in [-0.39, 0.29) is 30.1 Å². The molecule has 0 atom stereocenters. The van der Waals surface area contributed by atoms with E-state index in [4.69, 9.17) is 10.1 Å². The highest BCUT2D eigenvalue weighted by atomic mass is 127. The van der Waals surface area contributed by atoms with Crippen LogP contribution in [0.1, 0.15) is 25.0 Å². The molecule has 1 N–H and O–H groups in total. The summed E-state index contributed by atoms with van der Waals surface area (Å²) < 4.78 is 7.45. The largest absolute Gasteiger partial charge is 0.491 e. The lowest BCUT2D eigenvalue weighted by molar-refractivity contribution is 0.242. The van der Waals surface area contributed by atoms with Crippen LogP contribution in [0.25, 0.3) is 0 Å². The van der Waals surface area contributed by atoms with Crippen molar-refractivity contribution < 1.29 is 4.74 Å². The first kappa shape index (κ1) is 19.0. The molecule has 0 saturated carbocycles. The lowest BCUT2D eigenvalue weighted by Gasteiger charge is -2.11. The van der Waals surface area contributed by atoms with Crippen molar-refractivity contribution >= 4 is 35.7 Å². The Bertz CT molecular complexity index is 668. The van der Waals surface area contributed by atoms with Crippen LogP contribution in [0.4, 0.5) is 0 Å². The first-order valence-electron chi connectivity index (χ1n) is 6.90. The van der Waals surface area contributed by atoms with E-state index in [0.29, 0.717) is 11.9 Å². The summed E-state index contributed by atoms with van der Waals surface area (Å²) in [6, 6.07) is 8.03. The summed E-state index contributed by atoms with van der Waals surface area (Å²) in [5.74, 6) is 0.876. The Labute approximate surface area is 152 Å². The Balaban J connectivity index is 0.00000242. The van der Waals surface area contributed by atoms with Crippen LogP contribution < -0.4 is 10.2 Å². The van der Waals surface area contributed by atoms with E-state index >= 15 is 0 Å². The molecule has 0 unspecified atom stereocenters. The number of hydrogen-bond donors (Lipinski definition) is 1. The van der Waals surface area contributed by atoms with Crippen LogP contribution in [0.3, 0.4) is 0 Å². The molecule has 0 aliphatic rings. The third-order valence-corrected chi connectivity index (χ3v) is 3.87. The zero-order valence-corrected chi connectivity index (χ0v) is 16.4. The highest BCUT2D eigenvalue weighted by molar-refractivity contribution is 14.0. The second-order valence-electron chi connectivity index (χ2n) is 5.17. The summed E-state index contributed by atoms with van der Waals surface area (Å²) >= 11 is 1.55. The Morgan fingerprint density at radius 3 is 2.45 bits per heavy atom. The maximum absolute atomic E-state index is 8.21. The van der Waals surface area contributed by atoms with E-state index in [9.17, 15) is 0 Å². The topological polar surface area (TPSA) is 50.9 Å². The number of nitrogens with one attached hydrogen (secondary N) is 1. The molecule has 0 spiro atoms. The maximum Gasteiger partial charge on any atom is 0.168 e. The second-order valence-corrected chi connectivity index (χ2v) is 5.94. The number of ether oxygens (including phenoxy) is 1.